The minimum atomic E-state index is -0.782. The molecule has 1 heterocycles. The summed E-state index contributed by atoms with van der Waals surface area (Å²) >= 11 is 0. The molecule has 3 rings (SSSR count). The Balaban J connectivity index is 1.85. The molecule has 0 saturated heterocycles. The number of aromatic nitrogens is 2. The van der Waals surface area contributed by atoms with E-state index >= 15 is 0 Å². The Labute approximate surface area is 128 Å². The normalized spacial score (nSPS) is 17.0. The molecule has 116 valence electrons. The van der Waals surface area contributed by atoms with Crippen LogP contribution in [0, 0.1) is 11.9 Å². The molecular formula is C17H19FN2O2. The van der Waals surface area contributed by atoms with E-state index < -0.39 is 11.9 Å². The Morgan fingerprint density at radius 1 is 1.32 bits per heavy atom. The molecule has 0 aliphatic heterocycles. The van der Waals surface area contributed by atoms with E-state index in [1.165, 1.54) is 10.9 Å². The van der Waals surface area contributed by atoms with Gasteiger partial charge in [-0.3, -0.25) is 0 Å². The standard InChI is InChI=1S/C17H19FN2O2/c1-11(13-6-4-3-5-7-13)20-10-19-16(18)15(20)17(21)22-12(2)14-8-9-14/h3-7,10-12,14H,8-9H2,1-2H3/t11-,12?/m1/s1. The van der Waals surface area contributed by atoms with Gasteiger partial charge in [0.1, 0.15) is 6.10 Å². The van der Waals surface area contributed by atoms with Crippen LogP contribution in [0.5, 0.6) is 0 Å². The number of nitrogens with zero attached hydrogens (tertiary/aromatic N) is 2. The van der Waals surface area contributed by atoms with Gasteiger partial charge >= 0.3 is 5.97 Å². The van der Waals surface area contributed by atoms with E-state index in [0.29, 0.717) is 5.92 Å². The average molecular weight is 302 g/mol. The summed E-state index contributed by atoms with van der Waals surface area (Å²) in [7, 11) is 0. The SMILES string of the molecule is CC(OC(=O)c1c(F)ncn1[C@H](C)c1ccccc1)C1CC1. The lowest BCUT2D eigenvalue weighted by molar-refractivity contribution is 0.0275. The maximum Gasteiger partial charge on any atom is 0.360 e. The summed E-state index contributed by atoms with van der Waals surface area (Å²) in [6.45, 7) is 3.76. The largest absolute Gasteiger partial charge is 0.458 e. The quantitative estimate of drug-likeness (QED) is 0.793. The number of ether oxygens (including phenoxy) is 1. The van der Waals surface area contributed by atoms with Crippen LogP contribution in [0.4, 0.5) is 4.39 Å². The molecule has 1 unspecified atom stereocenters. The summed E-state index contributed by atoms with van der Waals surface area (Å²) in [6, 6.07) is 9.40. The van der Waals surface area contributed by atoms with Crippen LogP contribution in [0.2, 0.25) is 0 Å². The van der Waals surface area contributed by atoms with Crippen molar-refractivity contribution in [1.82, 2.24) is 9.55 Å². The van der Waals surface area contributed by atoms with E-state index in [1.807, 2.05) is 44.2 Å². The molecule has 1 aliphatic rings. The average Bonchev–Trinajstić information content (AvgIpc) is 3.30. The summed E-state index contributed by atoms with van der Waals surface area (Å²) in [5.41, 5.74) is 0.869. The summed E-state index contributed by atoms with van der Waals surface area (Å²) in [6.07, 6.45) is 3.31. The van der Waals surface area contributed by atoms with E-state index in [0.717, 1.165) is 18.4 Å². The van der Waals surface area contributed by atoms with E-state index in [2.05, 4.69) is 4.98 Å². The zero-order valence-corrected chi connectivity index (χ0v) is 12.7. The molecule has 0 amide bonds. The van der Waals surface area contributed by atoms with Crippen molar-refractivity contribution in [3.63, 3.8) is 0 Å². The molecule has 0 N–H and O–H groups in total. The van der Waals surface area contributed by atoms with Crippen LogP contribution in [0.1, 0.15) is 48.8 Å². The smallest absolute Gasteiger partial charge is 0.360 e. The van der Waals surface area contributed by atoms with Gasteiger partial charge in [-0.15, -0.1) is 0 Å². The highest BCUT2D eigenvalue weighted by atomic mass is 19.1. The monoisotopic (exact) mass is 302 g/mol. The molecular weight excluding hydrogens is 283 g/mol. The maximum absolute atomic E-state index is 14.0. The van der Waals surface area contributed by atoms with Gasteiger partial charge < -0.3 is 9.30 Å². The van der Waals surface area contributed by atoms with Gasteiger partial charge in [0.25, 0.3) is 0 Å². The number of hydrogen-bond donors (Lipinski definition) is 0. The fourth-order valence-electron chi connectivity index (χ4n) is 2.60. The molecule has 22 heavy (non-hydrogen) atoms. The number of esters is 1. The molecule has 0 bridgehead atoms. The fraction of sp³-hybridized carbons (Fsp3) is 0.412. The Bertz CT molecular complexity index is 665. The van der Waals surface area contributed by atoms with Crippen molar-refractivity contribution in [2.24, 2.45) is 5.92 Å². The lowest BCUT2D eigenvalue weighted by atomic mass is 10.1. The maximum atomic E-state index is 14.0. The summed E-state index contributed by atoms with van der Waals surface area (Å²) in [5, 5.41) is 0. The molecule has 2 aromatic rings. The van der Waals surface area contributed by atoms with Gasteiger partial charge in [0.2, 0.25) is 5.95 Å². The van der Waals surface area contributed by atoms with Crippen molar-refractivity contribution in [3.8, 4) is 0 Å². The van der Waals surface area contributed by atoms with Crippen LogP contribution < -0.4 is 0 Å². The van der Waals surface area contributed by atoms with Crippen molar-refractivity contribution in [3.05, 3.63) is 53.9 Å². The summed E-state index contributed by atoms with van der Waals surface area (Å²) < 4.78 is 20.9. The van der Waals surface area contributed by atoms with Crippen molar-refractivity contribution >= 4 is 5.97 Å². The van der Waals surface area contributed by atoms with Crippen LogP contribution in [0.3, 0.4) is 0 Å². The van der Waals surface area contributed by atoms with Crippen LogP contribution in [0.25, 0.3) is 0 Å². The second-order valence-electron chi connectivity index (χ2n) is 5.83. The first-order valence-corrected chi connectivity index (χ1v) is 7.56. The Morgan fingerprint density at radius 3 is 2.64 bits per heavy atom. The van der Waals surface area contributed by atoms with Gasteiger partial charge in [-0.05, 0) is 38.2 Å². The molecule has 5 heteroatoms. The van der Waals surface area contributed by atoms with Gasteiger partial charge in [0.05, 0.1) is 12.4 Å². The van der Waals surface area contributed by atoms with Gasteiger partial charge in [0.15, 0.2) is 5.69 Å². The second kappa shape index (κ2) is 5.91. The van der Waals surface area contributed by atoms with Gasteiger partial charge in [0, 0.05) is 0 Å². The van der Waals surface area contributed by atoms with Gasteiger partial charge in [-0.25, -0.2) is 9.78 Å². The molecule has 0 radical (unpaired) electrons. The molecule has 1 aromatic heterocycles. The number of carbonyl (C=O) groups excluding carboxylic acids is 1. The van der Waals surface area contributed by atoms with E-state index in [1.54, 1.807) is 0 Å². The third kappa shape index (κ3) is 2.89. The number of rotatable bonds is 5. The summed E-state index contributed by atoms with van der Waals surface area (Å²) in [5.74, 6) is -1.01. The van der Waals surface area contributed by atoms with Crippen molar-refractivity contribution in [2.75, 3.05) is 0 Å². The van der Waals surface area contributed by atoms with Crippen molar-refractivity contribution in [1.29, 1.82) is 0 Å². The Morgan fingerprint density at radius 2 is 2.00 bits per heavy atom. The molecule has 1 fully saturated rings. The van der Waals surface area contributed by atoms with Crippen LogP contribution in [-0.4, -0.2) is 21.6 Å². The number of halogens is 1. The molecule has 1 saturated carbocycles. The molecule has 1 aromatic carbocycles. The first-order chi connectivity index (χ1) is 10.6. The van der Waals surface area contributed by atoms with Gasteiger partial charge in [-0.2, -0.15) is 4.39 Å². The molecule has 0 spiro atoms. The fourth-order valence-corrected chi connectivity index (χ4v) is 2.60. The third-order valence-corrected chi connectivity index (χ3v) is 4.22. The number of imidazole rings is 1. The minimum Gasteiger partial charge on any atom is -0.458 e. The lowest BCUT2D eigenvalue weighted by Crippen LogP contribution is -2.22. The summed E-state index contributed by atoms with van der Waals surface area (Å²) in [4.78, 5) is 16.0. The van der Waals surface area contributed by atoms with Crippen LogP contribution in [-0.2, 0) is 4.74 Å². The lowest BCUT2D eigenvalue weighted by Gasteiger charge is -2.18. The zero-order valence-electron chi connectivity index (χ0n) is 12.7. The third-order valence-electron chi connectivity index (χ3n) is 4.22. The van der Waals surface area contributed by atoms with Gasteiger partial charge in [-0.1, -0.05) is 30.3 Å². The van der Waals surface area contributed by atoms with E-state index in [4.69, 9.17) is 4.74 Å². The van der Waals surface area contributed by atoms with E-state index in [-0.39, 0.29) is 17.8 Å². The second-order valence-corrected chi connectivity index (χ2v) is 5.83. The minimum absolute atomic E-state index is 0.108. The predicted octanol–water partition coefficient (Wildman–Crippen LogP) is 3.59. The van der Waals surface area contributed by atoms with Crippen molar-refractivity contribution < 1.29 is 13.9 Å². The topological polar surface area (TPSA) is 44.1 Å². The van der Waals surface area contributed by atoms with E-state index in [9.17, 15) is 9.18 Å². The predicted molar refractivity (Wildman–Crippen MR) is 80.0 cm³/mol. The van der Waals surface area contributed by atoms with Crippen molar-refractivity contribution in [2.45, 2.75) is 38.8 Å². The first-order valence-electron chi connectivity index (χ1n) is 7.56. The highest BCUT2D eigenvalue weighted by Crippen LogP contribution is 2.34. The highest BCUT2D eigenvalue weighted by Gasteiger charge is 2.33. The molecule has 2 atom stereocenters. The molecule has 1 aliphatic carbocycles. The zero-order chi connectivity index (χ0) is 15.7. The number of benzene rings is 1. The number of hydrogen-bond acceptors (Lipinski definition) is 3. The Kier molecular flexibility index (Phi) is 3.96. The van der Waals surface area contributed by atoms with Crippen LogP contribution >= 0.6 is 0 Å². The number of carbonyl (C=O) groups is 1. The first kappa shape index (κ1) is 14.8. The van der Waals surface area contributed by atoms with Crippen LogP contribution in [0.15, 0.2) is 36.7 Å². The Hall–Kier alpha value is -2.17. The molecule has 4 nitrogen and oxygen atoms in total. The highest BCUT2D eigenvalue weighted by molar-refractivity contribution is 5.87.